The van der Waals surface area contributed by atoms with Crippen LogP contribution in [-0.2, 0) is 0 Å². The molecular formula is C20H14N2S. The molecule has 0 aliphatic rings. The Bertz CT molecular complexity index is 921. The van der Waals surface area contributed by atoms with Crippen molar-refractivity contribution in [3.05, 3.63) is 84.4 Å². The number of benzene rings is 3. The number of hydrogen-bond donors (Lipinski definition) is 0. The van der Waals surface area contributed by atoms with Crippen LogP contribution < -0.4 is 0 Å². The maximum absolute atomic E-state index is 4.69. The van der Waals surface area contributed by atoms with E-state index in [9.17, 15) is 0 Å². The van der Waals surface area contributed by atoms with Crippen molar-refractivity contribution >= 4 is 33.5 Å². The zero-order chi connectivity index (χ0) is 15.5. The van der Waals surface area contributed by atoms with E-state index in [2.05, 4.69) is 28.2 Å². The number of para-hydroxylation sites is 1. The molecule has 0 aliphatic carbocycles. The molecule has 0 saturated heterocycles. The molecule has 0 amide bonds. The Morgan fingerprint density at radius 2 is 1.52 bits per heavy atom. The van der Waals surface area contributed by atoms with Crippen LogP contribution in [0.25, 0.3) is 20.8 Å². The highest BCUT2D eigenvalue weighted by Gasteiger charge is 2.05. The molecule has 1 aromatic heterocycles. The van der Waals surface area contributed by atoms with E-state index in [1.165, 1.54) is 4.70 Å². The molecule has 0 radical (unpaired) electrons. The number of rotatable bonds is 3. The summed E-state index contributed by atoms with van der Waals surface area (Å²) in [7, 11) is 0. The summed E-state index contributed by atoms with van der Waals surface area (Å²) in [6.45, 7) is 0. The van der Waals surface area contributed by atoms with Gasteiger partial charge in [-0.1, -0.05) is 42.5 Å². The van der Waals surface area contributed by atoms with Crippen LogP contribution in [0.15, 0.2) is 83.9 Å². The maximum Gasteiger partial charge on any atom is 0.124 e. The summed E-state index contributed by atoms with van der Waals surface area (Å²) >= 11 is 1.72. The molecular weight excluding hydrogens is 300 g/mol. The Kier molecular flexibility index (Phi) is 3.70. The molecule has 4 aromatic rings. The quantitative estimate of drug-likeness (QED) is 0.444. The number of aromatic nitrogens is 1. The van der Waals surface area contributed by atoms with Crippen LogP contribution in [0, 0.1) is 0 Å². The molecule has 0 saturated carbocycles. The fourth-order valence-corrected chi connectivity index (χ4v) is 3.35. The Morgan fingerprint density at radius 3 is 2.30 bits per heavy atom. The van der Waals surface area contributed by atoms with Gasteiger partial charge in [0.2, 0.25) is 0 Å². The summed E-state index contributed by atoms with van der Waals surface area (Å²) in [5.41, 5.74) is 4.23. The number of thiazole rings is 1. The number of hydrogen-bond acceptors (Lipinski definition) is 3. The van der Waals surface area contributed by atoms with Crippen molar-refractivity contribution in [2.45, 2.75) is 0 Å². The lowest BCUT2D eigenvalue weighted by Gasteiger charge is -1.97. The molecule has 23 heavy (non-hydrogen) atoms. The minimum Gasteiger partial charge on any atom is -0.256 e. The molecule has 2 nitrogen and oxygen atoms in total. The largest absolute Gasteiger partial charge is 0.256 e. The molecule has 0 atom stereocenters. The van der Waals surface area contributed by atoms with Gasteiger partial charge in [0.15, 0.2) is 0 Å². The van der Waals surface area contributed by atoms with E-state index in [0.717, 1.165) is 27.3 Å². The first-order chi connectivity index (χ1) is 11.4. The van der Waals surface area contributed by atoms with Gasteiger partial charge in [0, 0.05) is 11.8 Å². The van der Waals surface area contributed by atoms with Crippen molar-refractivity contribution < 1.29 is 0 Å². The molecule has 4 rings (SSSR count). The van der Waals surface area contributed by atoms with E-state index in [-0.39, 0.29) is 0 Å². The van der Waals surface area contributed by atoms with E-state index in [4.69, 9.17) is 0 Å². The molecule has 0 N–H and O–H groups in total. The van der Waals surface area contributed by atoms with Crippen LogP contribution in [0.3, 0.4) is 0 Å². The summed E-state index contributed by atoms with van der Waals surface area (Å²) < 4.78 is 1.22. The molecule has 3 heteroatoms. The topological polar surface area (TPSA) is 25.2 Å². The number of aliphatic imine (C=N–C) groups is 1. The fourth-order valence-electron chi connectivity index (χ4n) is 2.37. The third-order valence-electron chi connectivity index (χ3n) is 3.57. The summed E-state index contributed by atoms with van der Waals surface area (Å²) in [6, 6.07) is 26.5. The van der Waals surface area contributed by atoms with E-state index in [0.29, 0.717) is 0 Å². The minimum absolute atomic E-state index is 0.943. The van der Waals surface area contributed by atoms with Crippen molar-refractivity contribution in [3.63, 3.8) is 0 Å². The first kappa shape index (κ1) is 13.9. The highest BCUT2D eigenvalue weighted by molar-refractivity contribution is 7.21. The van der Waals surface area contributed by atoms with Crippen LogP contribution in [-0.4, -0.2) is 11.2 Å². The minimum atomic E-state index is 0.943. The van der Waals surface area contributed by atoms with Gasteiger partial charge >= 0.3 is 0 Å². The standard InChI is InChI=1S/C20H14N2S/c1-2-6-15(7-3-1)14-21-17-12-10-16(11-13-17)20-22-18-8-4-5-9-19(18)23-20/h1-14H. The van der Waals surface area contributed by atoms with Gasteiger partial charge in [-0.3, -0.25) is 4.99 Å². The van der Waals surface area contributed by atoms with Gasteiger partial charge in [0.25, 0.3) is 0 Å². The summed E-state index contributed by atoms with van der Waals surface area (Å²) in [5.74, 6) is 0. The maximum atomic E-state index is 4.69. The Balaban J connectivity index is 1.59. The molecule has 110 valence electrons. The van der Waals surface area contributed by atoms with Crippen LogP contribution in [0.1, 0.15) is 5.56 Å². The lowest BCUT2D eigenvalue weighted by Crippen LogP contribution is -1.78. The average molecular weight is 314 g/mol. The third kappa shape index (κ3) is 3.05. The number of fused-ring (bicyclic) bond motifs is 1. The molecule has 0 aliphatic heterocycles. The van der Waals surface area contributed by atoms with Crippen LogP contribution >= 0.6 is 11.3 Å². The summed E-state index contributed by atoms with van der Waals surface area (Å²) in [4.78, 5) is 9.20. The highest BCUT2D eigenvalue weighted by atomic mass is 32.1. The Hall–Kier alpha value is -2.78. The number of nitrogens with zero attached hydrogens (tertiary/aromatic N) is 2. The lowest BCUT2D eigenvalue weighted by atomic mass is 10.2. The van der Waals surface area contributed by atoms with E-state index < -0.39 is 0 Å². The predicted molar refractivity (Wildman–Crippen MR) is 98.8 cm³/mol. The molecule has 0 unspecified atom stereocenters. The van der Waals surface area contributed by atoms with Crippen molar-refractivity contribution in [3.8, 4) is 10.6 Å². The highest BCUT2D eigenvalue weighted by Crippen LogP contribution is 2.30. The van der Waals surface area contributed by atoms with E-state index in [1.807, 2.05) is 66.9 Å². The van der Waals surface area contributed by atoms with Crippen LogP contribution in [0.5, 0.6) is 0 Å². The van der Waals surface area contributed by atoms with Crippen molar-refractivity contribution in [2.75, 3.05) is 0 Å². The van der Waals surface area contributed by atoms with Gasteiger partial charge < -0.3 is 0 Å². The van der Waals surface area contributed by atoms with Crippen molar-refractivity contribution in [1.82, 2.24) is 4.98 Å². The van der Waals surface area contributed by atoms with Gasteiger partial charge in [0.1, 0.15) is 5.01 Å². The molecule has 0 fully saturated rings. The van der Waals surface area contributed by atoms with Gasteiger partial charge in [0.05, 0.1) is 15.9 Å². The fraction of sp³-hybridized carbons (Fsp3) is 0. The average Bonchev–Trinajstić information content (AvgIpc) is 3.05. The van der Waals surface area contributed by atoms with Crippen molar-refractivity contribution in [2.24, 2.45) is 4.99 Å². The van der Waals surface area contributed by atoms with Gasteiger partial charge in [-0.05, 0) is 42.0 Å². The zero-order valence-electron chi connectivity index (χ0n) is 12.4. The van der Waals surface area contributed by atoms with Gasteiger partial charge in [-0.25, -0.2) is 4.98 Å². The predicted octanol–water partition coefficient (Wildman–Crippen LogP) is 5.71. The van der Waals surface area contributed by atoms with E-state index >= 15 is 0 Å². The second kappa shape index (κ2) is 6.15. The smallest absolute Gasteiger partial charge is 0.124 e. The van der Waals surface area contributed by atoms with Crippen molar-refractivity contribution in [1.29, 1.82) is 0 Å². The Morgan fingerprint density at radius 1 is 0.783 bits per heavy atom. The second-order valence-corrected chi connectivity index (χ2v) is 6.23. The second-order valence-electron chi connectivity index (χ2n) is 5.20. The first-order valence-electron chi connectivity index (χ1n) is 7.44. The summed E-state index contributed by atoms with van der Waals surface area (Å²) in [6.07, 6.45) is 1.88. The molecule has 0 spiro atoms. The molecule has 3 aromatic carbocycles. The van der Waals surface area contributed by atoms with E-state index in [1.54, 1.807) is 11.3 Å². The zero-order valence-corrected chi connectivity index (χ0v) is 13.2. The summed E-state index contributed by atoms with van der Waals surface area (Å²) in [5, 5.41) is 1.05. The van der Waals surface area contributed by atoms with Gasteiger partial charge in [-0.2, -0.15) is 0 Å². The third-order valence-corrected chi connectivity index (χ3v) is 4.66. The monoisotopic (exact) mass is 314 g/mol. The van der Waals surface area contributed by atoms with Crippen LogP contribution in [0.2, 0.25) is 0 Å². The van der Waals surface area contributed by atoms with Gasteiger partial charge in [-0.15, -0.1) is 11.3 Å². The normalized spacial score (nSPS) is 11.3. The molecule has 0 bridgehead atoms. The van der Waals surface area contributed by atoms with Crippen LogP contribution in [0.4, 0.5) is 5.69 Å². The lowest BCUT2D eigenvalue weighted by molar-refractivity contribution is 1.46. The molecule has 1 heterocycles. The first-order valence-corrected chi connectivity index (χ1v) is 8.25. The SMILES string of the molecule is C(=Nc1ccc(-c2nc3ccccc3s2)cc1)c1ccccc1. The Labute approximate surface area is 138 Å².